The van der Waals surface area contributed by atoms with Crippen LogP contribution in [-0.2, 0) is 5.41 Å². The van der Waals surface area contributed by atoms with Crippen LogP contribution in [0.15, 0.2) is 261 Å². The van der Waals surface area contributed by atoms with Crippen molar-refractivity contribution in [2.75, 3.05) is 9.80 Å². The first-order valence-corrected chi connectivity index (χ1v) is 25.0. The summed E-state index contributed by atoms with van der Waals surface area (Å²) in [6, 6.07) is 95.9. The first-order chi connectivity index (χ1) is 35.5. The van der Waals surface area contributed by atoms with Gasteiger partial charge in [-0.3, -0.25) is 0 Å². The number of aromatic nitrogens is 1. The highest BCUT2D eigenvalue weighted by atomic mass is 15.1. The van der Waals surface area contributed by atoms with E-state index >= 15 is 0 Å². The Labute approximate surface area is 419 Å². The summed E-state index contributed by atoms with van der Waals surface area (Å²) in [6.07, 6.45) is 0. The molecule has 1 heterocycles. The lowest BCUT2D eigenvalue weighted by molar-refractivity contribution is 0.660. The van der Waals surface area contributed by atoms with E-state index in [1.807, 2.05) is 0 Å². The predicted molar refractivity (Wildman–Crippen MR) is 306 cm³/mol. The second-order valence-corrected chi connectivity index (χ2v) is 19.7. The molecule has 0 radical (unpaired) electrons. The zero-order chi connectivity index (χ0) is 47.9. The zero-order valence-electron chi connectivity index (χ0n) is 40.2. The average molecular weight is 920 g/mol. The van der Waals surface area contributed by atoms with Crippen LogP contribution in [-0.4, -0.2) is 4.57 Å². The van der Waals surface area contributed by atoms with Crippen LogP contribution in [0.25, 0.3) is 82.1 Å². The minimum absolute atomic E-state index is 0.272. The lowest BCUT2D eigenvalue weighted by atomic mass is 9.82. The number of hydrogen-bond acceptors (Lipinski definition) is 2. The van der Waals surface area contributed by atoms with Crippen LogP contribution in [0.4, 0.5) is 34.1 Å². The third-order valence-electron chi connectivity index (χ3n) is 15.3. The van der Waals surface area contributed by atoms with Crippen molar-refractivity contribution in [3.8, 4) is 27.9 Å². The van der Waals surface area contributed by atoms with Gasteiger partial charge in [-0.2, -0.15) is 0 Å². The Hall–Kier alpha value is -9.18. The average Bonchev–Trinajstić information content (AvgIpc) is 3.89. The van der Waals surface area contributed by atoms with E-state index < -0.39 is 0 Å². The predicted octanol–water partition coefficient (Wildman–Crippen LogP) is 19.2. The Morgan fingerprint density at radius 2 is 0.681 bits per heavy atom. The van der Waals surface area contributed by atoms with E-state index in [1.165, 1.54) is 87.5 Å². The SMILES string of the molecule is CC1(C)c2cc(N(c3ccccc3)c3ccccc3)ccc2-c2ccc(N(c3ccc(-c4ccc5c(c4)c4ccccc4n5-c4ccccc4)cc3)c3ccc4c5ccccc5c5ccccc5c4c3)cc21. The number of anilines is 6. The number of rotatable bonds is 8. The van der Waals surface area contributed by atoms with Gasteiger partial charge in [-0.05, 0) is 169 Å². The summed E-state index contributed by atoms with van der Waals surface area (Å²) in [5, 5.41) is 10.1. The number of benzene rings is 12. The van der Waals surface area contributed by atoms with Gasteiger partial charge in [-0.15, -0.1) is 0 Å². The molecule has 0 saturated heterocycles. The van der Waals surface area contributed by atoms with Gasteiger partial charge in [-0.1, -0.05) is 172 Å². The summed E-state index contributed by atoms with van der Waals surface area (Å²) >= 11 is 0. The van der Waals surface area contributed by atoms with Crippen LogP contribution in [0.5, 0.6) is 0 Å². The molecule has 0 spiro atoms. The molecule has 3 nitrogen and oxygen atoms in total. The van der Waals surface area contributed by atoms with Crippen molar-refractivity contribution in [2.24, 2.45) is 0 Å². The number of fused-ring (bicyclic) bond motifs is 12. The molecule has 0 saturated carbocycles. The fourth-order valence-electron chi connectivity index (χ4n) is 11.9. The maximum Gasteiger partial charge on any atom is 0.0541 e. The summed E-state index contributed by atoms with van der Waals surface area (Å²) in [5.41, 5.74) is 17.6. The van der Waals surface area contributed by atoms with Gasteiger partial charge in [0.25, 0.3) is 0 Å². The molecule has 13 aromatic rings. The van der Waals surface area contributed by atoms with E-state index in [2.05, 4.69) is 289 Å². The fourth-order valence-corrected chi connectivity index (χ4v) is 11.9. The van der Waals surface area contributed by atoms with Crippen LogP contribution in [0.1, 0.15) is 25.0 Å². The van der Waals surface area contributed by atoms with E-state index in [0.29, 0.717) is 0 Å². The van der Waals surface area contributed by atoms with Crippen molar-refractivity contribution in [1.29, 1.82) is 0 Å². The minimum atomic E-state index is -0.272. The molecule has 0 amide bonds. The molecular formula is C69H49N3. The van der Waals surface area contributed by atoms with Gasteiger partial charge in [0.2, 0.25) is 0 Å². The molecule has 72 heavy (non-hydrogen) atoms. The second-order valence-electron chi connectivity index (χ2n) is 19.7. The molecule has 1 aliphatic carbocycles. The maximum absolute atomic E-state index is 2.46. The second kappa shape index (κ2) is 16.5. The van der Waals surface area contributed by atoms with Crippen LogP contribution < -0.4 is 9.80 Å². The third kappa shape index (κ3) is 6.58. The Morgan fingerprint density at radius 1 is 0.278 bits per heavy atom. The minimum Gasteiger partial charge on any atom is -0.310 e. The Balaban J connectivity index is 0.906. The van der Waals surface area contributed by atoms with Gasteiger partial charge in [-0.25, -0.2) is 0 Å². The van der Waals surface area contributed by atoms with E-state index in [4.69, 9.17) is 0 Å². The largest absolute Gasteiger partial charge is 0.310 e. The van der Waals surface area contributed by atoms with Crippen molar-refractivity contribution in [1.82, 2.24) is 4.57 Å². The molecule has 0 unspecified atom stereocenters. The molecular weight excluding hydrogens is 871 g/mol. The van der Waals surface area contributed by atoms with Crippen LogP contribution >= 0.6 is 0 Å². The topological polar surface area (TPSA) is 11.4 Å². The van der Waals surface area contributed by atoms with Gasteiger partial charge in [0.15, 0.2) is 0 Å². The molecule has 340 valence electrons. The van der Waals surface area contributed by atoms with Gasteiger partial charge in [0.05, 0.1) is 11.0 Å². The molecule has 0 aliphatic heterocycles. The Morgan fingerprint density at radius 3 is 1.26 bits per heavy atom. The first kappa shape index (κ1) is 41.8. The van der Waals surface area contributed by atoms with E-state index in [0.717, 1.165) is 39.8 Å². The van der Waals surface area contributed by atoms with Gasteiger partial charge in [0, 0.05) is 56.0 Å². The molecule has 1 aromatic heterocycles. The molecule has 0 atom stereocenters. The van der Waals surface area contributed by atoms with Crippen molar-refractivity contribution >= 4 is 88.2 Å². The quantitative estimate of drug-likeness (QED) is 0.141. The smallest absolute Gasteiger partial charge is 0.0541 e. The number of nitrogens with zero attached hydrogens (tertiary/aromatic N) is 3. The molecule has 0 bridgehead atoms. The molecule has 0 N–H and O–H groups in total. The zero-order valence-corrected chi connectivity index (χ0v) is 40.2. The highest BCUT2D eigenvalue weighted by Crippen LogP contribution is 2.53. The summed E-state index contributed by atoms with van der Waals surface area (Å²) in [4.78, 5) is 4.82. The van der Waals surface area contributed by atoms with E-state index in [-0.39, 0.29) is 5.41 Å². The fraction of sp³-hybridized carbons (Fsp3) is 0.0435. The maximum atomic E-state index is 2.46. The van der Waals surface area contributed by atoms with Crippen molar-refractivity contribution < 1.29 is 0 Å². The van der Waals surface area contributed by atoms with Gasteiger partial charge >= 0.3 is 0 Å². The number of para-hydroxylation sites is 4. The lowest BCUT2D eigenvalue weighted by Gasteiger charge is -2.29. The lowest BCUT2D eigenvalue weighted by Crippen LogP contribution is -2.17. The highest BCUT2D eigenvalue weighted by molar-refractivity contribution is 6.26. The van der Waals surface area contributed by atoms with Crippen LogP contribution in [0, 0.1) is 0 Å². The summed E-state index contributed by atoms with van der Waals surface area (Å²) in [5.74, 6) is 0. The van der Waals surface area contributed by atoms with Crippen molar-refractivity contribution in [2.45, 2.75) is 19.3 Å². The molecule has 0 fully saturated rings. The molecule has 1 aliphatic rings. The molecule has 12 aromatic carbocycles. The molecule has 3 heteroatoms. The first-order valence-electron chi connectivity index (χ1n) is 25.0. The van der Waals surface area contributed by atoms with E-state index in [1.54, 1.807) is 0 Å². The third-order valence-corrected chi connectivity index (χ3v) is 15.3. The Bertz CT molecular complexity index is 4150. The van der Waals surface area contributed by atoms with E-state index in [9.17, 15) is 0 Å². The van der Waals surface area contributed by atoms with Gasteiger partial charge in [0.1, 0.15) is 0 Å². The Kier molecular flexibility index (Phi) is 9.56. The van der Waals surface area contributed by atoms with Crippen LogP contribution in [0.3, 0.4) is 0 Å². The van der Waals surface area contributed by atoms with Gasteiger partial charge < -0.3 is 14.4 Å². The summed E-state index contributed by atoms with van der Waals surface area (Å²) in [6.45, 7) is 4.78. The monoisotopic (exact) mass is 919 g/mol. The number of hydrogen-bond donors (Lipinski definition) is 0. The van der Waals surface area contributed by atoms with Crippen LogP contribution in [0.2, 0.25) is 0 Å². The highest BCUT2D eigenvalue weighted by Gasteiger charge is 2.37. The normalized spacial score (nSPS) is 12.7. The van der Waals surface area contributed by atoms with Crippen molar-refractivity contribution in [3.05, 3.63) is 272 Å². The summed E-state index contributed by atoms with van der Waals surface area (Å²) < 4.78 is 2.38. The van der Waals surface area contributed by atoms with Crippen molar-refractivity contribution in [3.63, 3.8) is 0 Å². The molecule has 14 rings (SSSR count). The summed E-state index contributed by atoms with van der Waals surface area (Å²) in [7, 11) is 0. The standard InChI is InChI=1S/C69H49N3/c1-69(2)65-44-53(70(48-18-6-3-7-19-48)49-20-8-4-9-21-49)36-39-60(65)61-40-37-54(45-66(61)69)71(52-35-38-59-57-26-13-12-24-55(57)56-25-14-15-27-58(56)63(59)43-52)51-33-30-46(31-34-51)47-32-41-68-64(42-47)62-28-16-17-29-67(62)72(68)50-22-10-5-11-23-50/h3-45H,1-2H3.